The molecule has 1 N–H and O–H groups in total. The predicted octanol–water partition coefficient (Wildman–Crippen LogP) is 1.44. The van der Waals surface area contributed by atoms with Crippen LogP contribution in [0.3, 0.4) is 0 Å². The number of carbonyl (C=O) groups is 1. The third-order valence-corrected chi connectivity index (χ3v) is 2.92. The van der Waals surface area contributed by atoms with Crippen molar-refractivity contribution in [2.24, 2.45) is 7.05 Å². The molecule has 3 aromatic heterocycles. The second-order valence-corrected chi connectivity index (χ2v) is 4.68. The zero-order chi connectivity index (χ0) is 15.4. The number of hydrogen-bond acceptors (Lipinski definition) is 6. The van der Waals surface area contributed by atoms with Gasteiger partial charge >= 0.3 is 0 Å². The van der Waals surface area contributed by atoms with Gasteiger partial charge in [-0.1, -0.05) is 11.2 Å². The minimum absolute atomic E-state index is 0.134. The number of carbonyl (C=O) groups excluding carboxylic acids is 1. The fourth-order valence-electron chi connectivity index (χ4n) is 1.89. The Bertz CT molecular complexity index is 765. The normalized spacial score (nSPS) is 10.6. The van der Waals surface area contributed by atoms with Crippen molar-refractivity contribution in [2.45, 2.75) is 12.8 Å². The van der Waals surface area contributed by atoms with Gasteiger partial charge in [0, 0.05) is 32.3 Å². The van der Waals surface area contributed by atoms with Crippen LogP contribution >= 0.6 is 0 Å². The Hall–Kier alpha value is -3.03. The highest BCUT2D eigenvalue weighted by molar-refractivity contribution is 5.90. The van der Waals surface area contributed by atoms with Crippen LogP contribution in [0, 0.1) is 0 Å². The molecule has 0 aromatic carbocycles. The maximum atomic E-state index is 11.8. The Morgan fingerprint density at radius 2 is 2.32 bits per heavy atom. The van der Waals surface area contributed by atoms with Crippen LogP contribution in [0.1, 0.15) is 12.3 Å². The SMILES string of the molecule is Cn1cc(NC(=O)CCc2nc(-c3ccccn3)no2)cn1. The Morgan fingerprint density at radius 3 is 3.05 bits per heavy atom. The maximum absolute atomic E-state index is 11.8. The number of amides is 1. The van der Waals surface area contributed by atoms with Gasteiger partial charge in [-0.2, -0.15) is 10.1 Å². The second kappa shape index (κ2) is 6.17. The lowest BCUT2D eigenvalue weighted by Gasteiger charge is -1.99. The molecule has 0 unspecified atom stereocenters. The zero-order valence-electron chi connectivity index (χ0n) is 11.9. The first-order valence-corrected chi connectivity index (χ1v) is 6.73. The molecule has 0 saturated carbocycles. The summed E-state index contributed by atoms with van der Waals surface area (Å²) >= 11 is 0. The molecule has 1 amide bonds. The lowest BCUT2D eigenvalue weighted by molar-refractivity contribution is -0.116. The van der Waals surface area contributed by atoms with Crippen LogP contribution in [-0.4, -0.2) is 30.8 Å². The van der Waals surface area contributed by atoms with Gasteiger partial charge in [-0.05, 0) is 12.1 Å². The zero-order valence-corrected chi connectivity index (χ0v) is 11.9. The summed E-state index contributed by atoms with van der Waals surface area (Å²) in [4.78, 5) is 20.2. The lowest BCUT2D eigenvalue weighted by Crippen LogP contribution is -2.11. The van der Waals surface area contributed by atoms with Gasteiger partial charge in [0.25, 0.3) is 0 Å². The van der Waals surface area contributed by atoms with Crippen molar-refractivity contribution in [3.63, 3.8) is 0 Å². The third kappa shape index (κ3) is 3.35. The Balaban J connectivity index is 1.56. The van der Waals surface area contributed by atoms with Gasteiger partial charge in [-0.15, -0.1) is 0 Å². The smallest absolute Gasteiger partial charge is 0.227 e. The number of hydrogen-bond donors (Lipinski definition) is 1. The van der Waals surface area contributed by atoms with Crippen molar-refractivity contribution in [1.82, 2.24) is 24.9 Å². The molecular weight excluding hydrogens is 284 g/mol. The molecule has 0 saturated heterocycles. The monoisotopic (exact) mass is 298 g/mol. The van der Waals surface area contributed by atoms with E-state index in [0.29, 0.717) is 29.5 Å². The molecule has 0 aliphatic rings. The molecular formula is C14H14N6O2. The average molecular weight is 298 g/mol. The molecule has 0 bridgehead atoms. The van der Waals surface area contributed by atoms with Gasteiger partial charge in [0.05, 0.1) is 11.9 Å². The van der Waals surface area contributed by atoms with E-state index in [9.17, 15) is 4.79 Å². The molecule has 0 aliphatic heterocycles. The van der Waals surface area contributed by atoms with Crippen LogP contribution in [-0.2, 0) is 18.3 Å². The summed E-state index contributed by atoms with van der Waals surface area (Å²) in [7, 11) is 1.78. The van der Waals surface area contributed by atoms with Crippen LogP contribution < -0.4 is 5.32 Å². The molecule has 0 radical (unpaired) electrons. The van der Waals surface area contributed by atoms with Crippen molar-refractivity contribution in [3.05, 3.63) is 42.7 Å². The van der Waals surface area contributed by atoms with Gasteiger partial charge in [0.2, 0.25) is 17.6 Å². The van der Waals surface area contributed by atoms with E-state index in [2.05, 4.69) is 25.5 Å². The fourth-order valence-corrected chi connectivity index (χ4v) is 1.89. The largest absolute Gasteiger partial charge is 0.339 e. The fraction of sp³-hybridized carbons (Fsp3) is 0.214. The molecule has 112 valence electrons. The number of pyridine rings is 1. The number of aryl methyl sites for hydroxylation is 2. The van der Waals surface area contributed by atoms with E-state index >= 15 is 0 Å². The molecule has 3 aromatic rings. The minimum atomic E-state index is -0.134. The first-order valence-electron chi connectivity index (χ1n) is 6.73. The highest BCUT2D eigenvalue weighted by Crippen LogP contribution is 2.13. The summed E-state index contributed by atoms with van der Waals surface area (Å²) in [5.41, 5.74) is 1.30. The number of anilines is 1. The topological polar surface area (TPSA) is 98.7 Å². The summed E-state index contributed by atoms with van der Waals surface area (Å²) in [6.45, 7) is 0. The van der Waals surface area contributed by atoms with Gasteiger partial charge < -0.3 is 9.84 Å². The van der Waals surface area contributed by atoms with Crippen molar-refractivity contribution in [2.75, 3.05) is 5.32 Å². The molecule has 0 spiro atoms. The van der Waals surface area contributed by atoms with Crippen LogP contribution in [0.5, 0.6) is 0 Å². The van der Waals surface area contributed by atoms with Gasteiger partial charge in [0.1, 0.15) is 5.69 Å². The number of aromatic nitrogens is 5. The summed E-state index contributed by atoms with van der Waals surface area (Å²) in [6.07, 6.45) is 5.59. The number of nitrogens with one attached hydrogen (secondary N) is 1. The second-order valence-electron chi connectivity index (χ2n) is 4.68. The highest BCUT2D eigenvalue weighted by Gasteiger charge is 2.11. The first-order chi connectivity index (χ1) is 10.7. The Kier molecular flexibility index (Phi) is 3.90. The molecule has 0 atom stereocenters. The minimum Gasteiger partial charge on any atom is -0.339 e. The molecule has 8 heteroatoms. The van der Waals surface area contributed by atoms with Gasteiger partial charge in [-0.3, -0.25) is 14.5 Å². The molecule has 8 nitrogen and oxygen atoms in total. The van der Waals surface area contributed by atoms with Crippen LogP contribution in [0.2, 0.25) is 0 Å². The van der Waals surface area contributed by atoms with Crippen molar-refractivity contribution >= 4 is 11.6 Å². The van der Waals surface area contributed by atoms with Crippen molar-refractivity contribution in [3.8, 4) is 11.5 Å². The predicted molar refractivity (Wildman–Crippen MR) is 77.7 cm³/mol. The molecule has 0 fully saturated rings. The number of rotatable bonds is 5. The average Bonchev–Trinajstić information content (AvgIpc) is 3.15. The van der Waals surface area contributed by atoms with Gasteiger partial charge in [-0.25, -0.2) is 0 Å². The van der Waals surface area contributed by atoms with Crippen LogP contribution in [0.15, 0.2) is 41.3 Å². The molecule has 22 heavy (non-hydrogen) atoms. The highest BCUT2D eigenvalue weighted by atomic mass is 16.5. The van der Waals surface area contributed by atoms with Gasteiger partial charge in [0.15, 0.2) is 0 Å². The van der Waals surface area contributed by atoms with E-state index < -0.39 is 0 Å². The molecule has 3 rings (SSSR count). The van der Waals surface area contributed by atoms with E-state index in [1.807, 2.05) is 12.1 Å². The standard InChI is InChI=1S/C14H14N6O2/c1-20-9-10(8-16-20)17-12(21)5-6-13-18-14(19-22-13)11-4-2-3-7-15-11/h2-4,7-9H,5-6H2,1H3,(H,17,21). The number of nitrogens with zero attached hydrogens (tertiary/aromatic N) is 5. The molecule has 0 aliphatic carbocycles. The quantitative estimate of drug-likeness (QED) is 0.765. The van der Waals surface area contributed by atoms with E-state index in [4.69, 9.17) is 4.52 Å². The summed E-state index contributed by atoms with van der Waals surface area (Å²) in [5, 5.41) is 10.6. The summed E-state index contributed by atoms with van der Waals surface area (Å²) in [6, 6.07) is 5.46. The van der Waals surface area contributed by atoms with E-state index in [1.165, 1.54) is 0 Å². The van der Waals surface area contributed by atoms with E-state index in [0.717, 1.165) is 0 Å². The van der Waals surface area contributed by atoms with E-state index in [1.54, 1.807) is 36.4 Å². The van der Waals surface area contributed by atoms with E-state index in [-0.39, 0.29) is 12.3 Å². The lowest BCUT2D eigenvalue weighted by atomic mass is 10.3. The first kappa shape index (κ1) is 13.9. The third-order valence-electron chi connectivity index (χ3n) is 2.92. The molecule has 3 heterocycles. The van der Waals surface area contributed by atoms with Crippen molar-refractivity contribution in [1.29, 1.82) is 0 Å². The van der Waals surface area contributed by atoms with Crippen LogP contribution in [0.25, 0.3) is 11.5 Å². The van der Waals surface area contributed by atoms with Crippen LogP contribution in [0.4, 0.5) is 5.69 Å². The summed E-state index contributed by atoms with van der Waals surface area (Å²) < 4.78 is 6.74. The maximum Gasteiger partial charge on any atom is 0.227 e. The Morgan fingerprint density at radius 1 is 1.41 bits per heavy atom. The Labute approximate surface area is 126 Å². The summed E-state index contributed by atoms with van der Waals surface area (Å²) in [5.74, 6) is 0.691. The van der Waals surface area contributed by atoms with Crippen molar-refractivity contribution < 1.29 is 9.32 Å².